The van der Waals surface area contributed by atoms with E-state index in [4.69, 9.17) is 0 Å². The minimum absolute atomic E-state index is 0.0999. The van der Waals surface area contributed by atoms with Crippen molar-refractivity contribution in [1.29, 1.82) is 0 Å². The van der Waals surface area contributed by atoms with Crippen molar-refractivity contribution in [1.82, 2.24) is 5.32 Å². The summed E-state index contributed by atoms with van der Waals surface area (Å²) in [5.41, 5.74) is 6.23. The van der Waals surface area contributed by atoms with Crippen LogP contribution in [0, 0.1) is 20.8 Å². The Hall–Kier alpha value is -2.09. The highest BCUT2D eigenvalue weighted by molar-refractivity contribution is 5.76. The lowest BCUT2D eigenvalue weighted by Gasteiger charge is -2.18. The molecule has 2 aromatic carbocycles. The maximum absolute atomic E-state index is 12.3. The lowest BCUT2D eigenvalue weighted by Crippen LogP contribution is -2.28. The molecular formula is C21H27NO. The number of hydrogen-bond donors (Lipinski definition) is 1. The molecule has 0 aliphatic carbocycles. The molecule has 0 fully saturated rings. The summed E-state index contributed by atoms with van der Waals surface area (Å²) in [4.78, 5) is 12.3. The largest absolute Gasteiger partial charge is 0.349 e. The van der Waals surface area contributed by atoms with Crippen LogP contribution in [0.5, 0.6) is 0 Å². The fraction of sp³-hybridized carbons (Fsp3) is 0.381. The molecule has 1 N–H and O–H groups in total. The van der Waals surface area contributed by atoms with E-state index in [-0.39, 0.29) is 11.9 Å². The van der Waals surface area contributed by atoms with Gasteiger partial charge in [0.25, 0.3) is 0 Å². The minimum Gasteiger partial charge on any atom is -0.349 e. The number of carbonyl (C=O) groups is 1. The van der Waals surface area contributed by atoms with E-state index in [1.165, 1.54) is 27.8 Å². The molecule has 1 atom stereocenters. The summed E-state index contributed by atoms with van der Waals surface area (Å²) >= 11 is 0. The second-order valence-corrected chi connectivity index (χ2v) is 6.36. The van der Waals surface area contributed by atoms with Gasteiger partial charge in [-0.15, -0.1) is 0 Å². The van der Waals surface area contributed by atoms with Crippen LogP contribution in [0.25, 0.3) is 0 Å². The second kappa shape index (κ2) is 7.96. The molecule has 0 aliphatic rings. The van der Waals surface area contributed by atoms with Gasteiger partial charge in [-0.3, -0.25) is 4.79 Å². The maximum atomic E-state index is 12.3. The SMILES string of the molecule is CCC(NC(=O)CCc1ccc(C)c(C)c1)c1ccc(C)cc1. The van der Waals surface area contributed by atoms with E-state index in [1.807, 2.05) is 0 Å². The fourth-order valence-electron chi connectivity index (χ4n) is 2.70. The smallest absolute Gasteiger partial charge is 0.220 e. The van der Waals surface area contributed by atoms with Crippen molar-refractivity contribution in [3.05, 3.63) is 70.3 Å². The van der Waals surface area contributed by atoms with Gasteiger partial charge in [0.1, 0.15) is 0 Å². The first-order valence-corrected chi connectivity index (χ1v) is 8.41. The molecule has 0 saturated heterocycles. The molecule has 0 spiro atoms. The van der Waals surface area contributed by atoms with Crippen LogP contribution in [0.4, 0.5) is 0 Å². The zero-order chi connectivity index (χ0) is 16.8. The number of benzene rings is 2. The molecule has 0 bridgehead atoms. The molecule has 0 aromatic heterocycles. The van der Waals surface area contributed by atoms with Gasteiger partial charge >= 0.3 is 0 Å². The fourth-order valence-corrected chi connectivity index (χ4v) is 2.70. The Balaban J connectivity index is 1.92. The Morgan fingerprint density at radius 1 is 1.00 bits per heavy atom. The number of aryl methyl sites for hydroxylation is 4. The third-order valence-electron chi connectivity index (χ3n) is 4.44. The van der Waals surface area contributed by atoms with E-state index in [9.17, 15) is 4.79 Å². The normalized spacial score (nSPS) is 12.0. The Kier molecular flexibility index (Phi) is 5.97. The molecule has 2 aromatic rings. The van der Waals surface area contributed by atoms with Crippen LogP contribution in [0.2, 0.25) is 0 Å². The number of hydrogen-bond acceptors (Lipinski definition) is 1. The van der Waals surface area contributed by atoms with Crippen molar-refractivity contribution in [3.8, 4) is 0 Å². The van der Waals surface area contributed by atoms with Crippen molar-refractivity contribution in [2.45, 2.75) is 53.0 Å². The molecule has 23 heavy (non-hydrogen) atoms. The molecule has 0 aliphatic heterocycles. The van der Waals surface area contributed by atoms with Gasteiger partial charge in [-0.05, 0) is 55.9 Å². The predicted molar refractivity (Wildman–Crippen MR) is 96.6 cm³/mol. The van der Waals surface area contributed by atoms with Crippen molar-refractivity contribution >= 4 is 5.91 Å². The van der Waals surface area contributed by atoms with Gasteiger partial charge in [-0.2, -0.15) is 0 Å². The van der Waals surface area contributed by atoms with Crippen LogP contribution < -0.4 is 5.32 Å². The standard InChI is InChI=1S/C21H27NO/c1-5-20(19-11-6-15(2)7-12-19)22-21(23)13-10-18-9-8-16(3)17(4)14-18/h6-9,11-12,14,20H,5,10,13H2,1-4H3,(H,22,23). The van der Waals surface area contributed by atoms with Gasteiger partial charge in [-0.25, -0.2) is 0 Å². The summed E-state index contributed by atoms with van der Waals surface area (Å²) in [5.74, 6) is 0.121. The maximum Gasteiger partial charge on any atom is 0.220 e. The van der Waals surface area contributed by atoms with Crippen molar-refractivity contribution in [3.63, 3.8) is 0 Å². The number of amides is 1. The van der Waals surface area contributed by atoms with Gasteiger partial charge in [0.05, 0.1) is 6.04 Å². The summed E-state index contributed by atoms with van der Waals surface area (Å²) in [6, 6.07) is 14.9. The van der Waals surface area contributed by atoms with Crippen LogP contribution >= 0.6 is 0 Å². The lowest BCUT2D eigenvalue weighted by molar-refractivity contribution is -0.121. The van der Waals surface area contributed by atoms with Crippen LogP contribution in [0.3, 0.4) is 0 Å². The molecule has 1 amide bonds. The summed E-state index contributed by atoms with van der Waals surface area (Å²) in [6.07, 6.45) is 2.22. The van der Waals surface area contributed by atoms with Crippen molar-refractivity contribution < 1.29 is 4.79 Å². The summed E-state index contributed by atoms with van der Waals surface area (Å²) in [6.45, 7) is 8.41. The van der Waals surface area contributed by atoms with Crippen LogP contribution in [0.15, 0.2) is 42.5 Å². The van der Waals surface area contributed by atoms with E-state index in [1.54, 1.807) is 0 Å². The highest BCUT2D eigenvalue weighted by Crippen LogP contribution is 2.18. The summed E-state index contributed by atoms with van der Waals surface area (Å²) < 4.78 is 0. The Morgan fingerprint density at radius 2 is 1.70 bits per heavy atom. The molecule has 0 radical (unpaired) electrons. The number of carbonyl (C=O) groups excluding carboxylic acids is 1. The van der Waals surface area contributed by atoms with Gasteiger partial charge in [0.15, 0.2) is 0 Å². The van der Waals surface area contributed by atoms with Gasteiger partial charge in [0.2, 0.25) is 5.91 Å². The highest BCUT2D eigenvalue weighted by atomic mass is 16.1. The second-order valence-electron chi connectivity index (χ2n) is 6.36. The average Bonchev–Trinajstić information content (AvgIpc) is 2.54. The molecule has 2 nitrogen and oxygen atoms in total. The van der Waals surface area contributed by atoms with Gasteiger partial charge in [-0.1, -0.05) is 55.0 Å². The van der Waals surface area contributed by atoms with E-state index in [0.717, 1.165) is 12.8 Å². The molecule has 0 saturated carbocycles. The topological polar surface area (TPSA) is 29.1 Å². The van der Waals surface area contributed by atoms with E-state index in [0.29, 0.717) is 6.42 Å². The number of nitrogens with one attached hydrogen (secondary N) is 1. The molecule has 122 valence electrons. The van der Waals surface area contributed by atoms with Crippen molar-refractivity contribution in [2.24, 2.45) is 0 Å². The van der Waals surface area contributed by atoms with E-state index < -0.39 is 0 Å². The van der Waals surface area contributed by atoms with Crippen LogP contribution in [-0.4, -0.2) is 5.91 Å². The third kappa shape index (κ3) is 4.95. The zero-order valence-corrected chi connectivity index (χ0v) is 14.6. The van der Waals surface area contributed by atoms with Crippen LogP contribution in [0.1, 0.15) is 53.6 Å². The average molecular weight is 309 g/mol. The molecule has 2 heteroatoms. The van der Waals surface area contributed by atoms with E-state index >= 15 is 0 Å². The predicted octanol–water partition coefficient (Wildman–Crippen LogP) is 4.81. The summed E-state index contributed by atoms with van der Waals surface area (Å²) in [7, 11) is 0. The molecule has 1 unspecified atom stereocenters. The van der Waals surface area contributed by atoms with Gasteiger partial charge < -0.3 is 5.32 Å². The zero-order valence-electron chi connectivity index (χ0n) is 14.6. The van der Waals surface area contributed by atoms with E-state index in [2.05, 4.69) is 75.5 Å². The molecule has 2 rings (SSSR count). The van der Waals surface area contributed by atoms with Crippen LogP contribution in [-0.2, 0) is 11.2 Å². The Morgan fingerprint density at radius 3 is 2.30 bits per heavy atom. The Labute approximate surface area is 139 Å². The first-order chi connectivity index (χ1) is 11.0. The Bertz CT molecular complexity index is 658. The first-order valence-electron chi connectivity index (χ1n) is 8.41. The van der Waals surface area contributed by atoms with Crippen molar-refractivity contribution in [2.75, 3.05) is 0 Å². The molecule has 0 heterocycles. The van der Waals surface area contributed by atoms with Gasteiger partial charge in [0, 0.05) is 6.42 Å². The number of rotatable bonds is 6. The first kappa shape index (κ1) is 17.3. The monoisotopic (exact) mass is 309 g/mol. The quantitative estimate of drug-likeness (QED) is 0.815. The lowest BCUT2D eigenvalue weighted by atomic mass is 10.0. The minimum atomic E-state index is 0.0999. The third-order valence-corrected chi connectivity index (χ3v) is 4.44. The highest BCUT2D eigenvalue weighted by Gasteiger charge is 2.12. The molecular weight excluding hydrogens is 282 g/mol. The summed E-state index contributed by atoms with van der Waals surface area (Å²) in [5, 5.41) is 3.16.